The standard InChI is InChI=1S/C6H15N3/c1-2-5-9-6-3-4-7-8-9/h7-8H,2-6H2,1H3. The van der Waals surface area contributed by atoms with Crippen molar-refractivity contribution in [3.63, 3.8) is 0 Å². The van der Waals surface area contributed by atoms with Gasteiger partial charge in [-0.3, -0.25) is 0 Å². The Hall–Kier alpha value is -0.120. The molecule has 0 unspecified atom stereocenters. The van der Waals surface area contributed by atoms with Gasteiger partial charge < -0.3 is 0 Å². The Morgan fingerprint density at radius 1 is 1.56 bits per heavy atom. The molecule has 1 aliphatic rings. The van der Waals surface area contributed by atoms with Gasteiger partial charge in [-0.2, -0.15) is 5.53 Å². The molecule has 1 fully saturated rings. The zero-order valence-electron chi connectivity index (χ0n) is 5.98. The summed E-state index contributed by atoms with van der Waals surface area (Å²) in [6.45, 7) is 5.62. The zero-order valence-corrected chi connectivity index (χ0v) is 5.98. The molecule has 3 heteroatoms. The lowest BCUT2D eigenvalue weighted by Crippen LogP contribution is -2.52. The first-order valence-electron chi connectivity index (χ1n) is 3.67. The molecule has 0 bridgehead atoms. The number of nitrogens with one attached hydrogen (secondary N) is 2. The van der Waals surface area contributed by atoms with Crippen molar-refractivity contribution < 1.29 is 0 Å². The molecule has 1 saturated heterocycles. The van der Waals surface area contributed by atoms with Crippen molar-refractivity contribution >= 4 is 0 Å². The largest absolute Gasteiger partial charge is 0.244 e. The van der Waals surface area contributed by atoms with Gasteiger partial charge in [-0.15, -0.1) is 0 Å². The summed E-state index contributed by atoms with van der Waals surface area (Å²) in [5.74, 6) is 0. The Morgan fingerprint density at radius 2 is 2.44 bits per heavy atom. The van der Waals surface area contributed by atoms with Gasteiger partial charge in [-0.05, 0) is 12.8 Å². The molecule has 1 rings (SSSR count). The van der Waals surface area contributed by atoms with E-state index in [4.69, 9.17) is 0 Å². The van der Waals surface area contributed by atoms with E-state index in [2.05, 4.69) is 22.9 Å². The van der Waals surface area contributed by atoms with Crippen LogP contribution in [0.1, 0.15) is 19.8 Å². The van der Waals surface area contributed by atoms with Crippen LogP contribution in [0, 0.1) is 0 Å². The van der Waals surface area contributed by atoms with Crippen LogP contribution < -0.4 is 11.0 Å². The molecule has 1 aliphatic heterocycles. The highest BCUT2D eigenvalue weighted by Crippen LogP contribution is 1.91. The number of nitrogens with zero attached hydrogens (tertiary/aromatic N) is 1. The van der Waals surface area contributed by atoms with Crippen LogP contribution in [0.5, 0.6) is 0 Å². The summed E-state index contributed by atoms with van der Waals surface area (Å²) in [6, 6.07) is 0. The molecule has 1 heterocycles. The normalized spacial score (nSPS) is 22.3. The summed E-state index contributed by atoms with van der Waals surface area (Å²) >= 11 is 0. The highest BCUT2D eigenvalue weighted by Gasteiger charge is 2.05. The van der Waals surface area contributed by atoms with Gasteiger partial charge in [0.1, 0.15) is 0 Å². The maximum Gasteiger partial charge on any atom is 0.0156 e. The summed E-state index contributed by atoms with van der Waals surface area (Å²) < 4.78 is 0. The molecule has 2 N–H and O–H groups in total. The Balaban J connectivity index is 2.08. The first-order chi connectivity index (χ1) is 4.43. The van der Waals surface area contributed by atoms with Gasteiger partial charge in [0.15, 0.2) is 0 Å². The third-order valence-corrected chi connectivity index (χ3v) is 1.46. The molecular weight excluding hydrogens is 114 g/mol. The van der Waals surface area contributed by atoms with E-state index >= 15 is 0 Å². The van der Waals surface area contributed by atoms with Gasteiger partial charge in [-0.1, -0.05) is 6.92 Å². The smallest absolute Gasteiger partial charge is 0.0156 e. The second-order valence-electron chi connectivity index (χ2n) is 2.38. The highest BCUT2D eigenvalue weighted by atomic mass is 15.7. The van der Waals surface area contributed by atoms with Gasteiger partial charge in [0.05, 0.1) is 0 Å². The maximum atomic E-state index is 3.10. The molecule has 0 radical (unpaired) electrons. The summed E-state index contributed by atoms with van der Waals surface area (Å²) in [6.07, 6.45) is 2.47. The third-order valence-electron chi connectivity index (χ3n) is 1.46. The second kappa shape index (κ2) is 3.82. The summed E-state index contributed by atoms with van der Waals surface area (Å²) in [5, 5.41) is 2.21. The molecular formula is C6H15N3. The van der Waals surface area contributed by atoms with E-state index in [9.17, 15) is 0 Å². The monoisotopic (exact) mass is 129 g/mol. The van der Waals surface area contributed by atoms with Crippen LogP contribution >= 0.6 is 0 Å². The molecule has 0 aromatic rings. The van der Waals surface area contributed by atoms with Crippen LogP contribution in [0.3, 0.4) is 0 Å². The topological polar surface area (TPSA) is 27.3 Å². The van der Waals surface area contributed by atoms with Crippen LogP contribution in [0.15, 0.2) is 0 Å². The van der Waals surface area contributed by atoms with Gasteiger partial charge >= 0.3 is 0 Å². The third kappa shape index (κ3) is 2.30. The fraction of sp³-hybridized carbons (Fsp3) is 1.00. The number of hydrazine groups is 2. The molecule has 0 aromatic heterocycles. The molecule has 0 spiro atoms. The average Bonchev–Trinajstić information content (AvgIpc) is 1.91. The lowest BCUT2D eigenvalue weighted by atomic mass is 10.4. The number of rotatable bonds is 2. The SMILES string of the molecule is CCCN1CCCNN1. The molecule has 0 atom stereocenters. The first-order valence-corrected chi connectivity index (χ1v) is 3.67. The molecule has 9 heavy (non-hydrogen) atoms. The van der Waals surface area contributed by atoms with Crippen molar-refractivity contribution in [3.8, 4) is 0 Å². The van der Waals surface area contributed by atoms with E-state index in [-0.39, 0.29) is 0 Å². The van der Waals surface area contributed by atoms with Gasteiger partial charge in [-0.25, -0.2) is 10.4 Å². The Kier molecular flexibility index (Phi) is 2.97. The molecule has 0 saturated carbocycles. The first kappa shape index (κ1) is 6.99. The Labute approximate surface area is 56.4 Å². The van der Waals surface area contributed by atoms with Crippen LogP contribution in [-0.2, 0) is 0 Å². The van der Waals surface area contributed by atoms with Crippen molar-refractivity contribution in [1.82, 2.24) is 16.0 Å². The lowest BCUT2D eigenvalue weighted by molar-refractivity contribution is 0.117. The van der Waals surface area contributed by atoms with E-state index in [1.807, 2.05) is 0 Å². The molecule has 0 aliphatic carbocycles. The molecule has 0 aromatic carbocycles. The molecule has 0 amide bonds. The van der Waals surface area contributed by atoms with Crippen molar-refractivity contribution in [1.29, 1.82) is 0 Å². The minimum atomic E-state index is 1.10. The van der Waals surface area contributed by atoms with Crippen LogP contribution in [0.4, 0.5) is 0 Å². The number of hydrogen-bond donors (Lipinski definition) is 2. The predicted octanol–water partition coefficient (Wildman–Crippen LogP) is 0.111. The number of hydrogen-bond acceptors (Lipinski definition) is 3. The molecule has 54 valence electrons. The Bertz CT molecular complexity index is 65.9. The van der Waals surface area contributed by atoms with Crippen LogP contribution in [-0.4, -0.2) is 24.6 Å². The van der Waals surface area contributed by atoms with Crippen molar-refractivity contribution in [2.45, 2.75) is 19.8 Å². The van der Waals surface area contributed by atoms with E-state index < -0.39 is 0 Å². The minimum absolute atomic E-state index is 1.10. The van der Waals surface area contributed by atoms with Gasteiger partial charge in [0.2, 0.25) is 0 Å². The van der Waals surface area contributed by atoms with E-state index in [0.29, 0.717) is 0 Å². The Morgan fingerprint density at radius 3 is 3.00 bits per heavy atom. The fourth-order valence-electron chi connectivity index (χ4n) is 1.02. The average molecular weight is 129 g/mol. The quantitative estimate of drug-likeness (QED) is 0.554. The van der Waals surface area contributed by atoms with E-state index in [1.165, 1.54) is 19.4 Å². The van der Waals surface area contributed by atoms with Crippen LogP contribution in [0.2, 0.25) is 0 Å². The van der Waals surface area contributed by atoms with Crippen molar-refractivity contribution in [2.75, 3.05) is 19.6 Å². The fourth-order valence-corrected chi connectivity index (χ4v) is 1.02. The summed E-state index contributed by atoms with van der Waals surface area (Å²) in [4.78, 5) is 0. The lowest BCUT2D eigenvalue weighted by Gasteiger charge is -2.27. The van der Waals surface area contributed by atoms with Crippen molar-refractivity contribution in [3.05, 3.63) is 0 Å². The van der Waals surface area contributed by atoms with Crippen molar-refractivity contribution in [2.24, 2.45) is 0 Å². The van der Waals surface area contributed by atoms with Gasteiger partial charge in [0.25, 0.3) is 0 Å². The van der Waals surface area contributed by atoms with Gasteiger partial charge in [0, 0.05) is 19.6 Å². The van der Waals surface area contributed by atoms with E-state index in [0.717, 1.165) is 13.1 Å². The highest BCUT2D eigenvalue weighted by molar-refractivity contribution is 4.55. The zero-order chi connectivity index (χ0) is 6.53. The summed E-state index contributed by atoms with van der Waals surface area (Å²) in [5.41, 5.74) is 6.20. The summed E-state index contributed by atoms with van der Waals surface area (Å²) in [7, 11) is 0. The maximum absolute atomic E-state index is 3.10. The van der Waals surface area contributed by atoms with E-state index in [1.54, 1.807) is 0 Å². The molecule has 3 nitrogen and oxygen atoms in total. The minimum Gasteiger partial charge on any atom is -0.244 e. The predicted molar refractivity (Wildman–Crippen MR) is 37.6 cm³/mol. The second-order valence-corrected chi connectivity index (χ2v) is 2.38. The van der Waals surface area contributed by atoms with Crippen LogP contribution in [0.25, 0.3) is 0 Å².